The van der Waals surface area contributed by atoms with Crippen LogP contribution >= 0.6 is 11.3 Å². The fourth-order valence-electron chi connectivity index (χ4n) is 3.15. The number of sulfonamides is 1. The maximum absolute atomic E-state index is 12.6. The third kappa shape index (κ3) is 5.63. The van der Waals surface area contributed by atoms with Gasteiger partial charge in [0.2, 0.25) is 10.0 Å². The van der Waals surface area contributed by atoms with E-state index in [1.54, 1.807) is 24.3 Å². The van der Waals surface area contributed by atoms with Crippen LogP contribution in [0.2, 0.25) is 0 Å². The Labute approximate surface area is 201 Å². The first kappa shape index (κ1) is 23.5. The van der Waals surface area contributed by atoms with E-state index in [-0.39, 0.29) is 23.1 Å². The van der Waals surface area contributed by atoms with Crippen molar-refractivity contribution in [2.24, 2.45) is 0 Å². The lowest BCUT2D eigenvalue weighted by molar-refractivity contribution is 0.101. The van der Waals surface area contributed by atoms with Gasteiger partial charge in [0, 0.05) is 28.6 Å². The number of benzene rings is 3. The van der Waals surface area contributed by atoms with Crippen LogP contribution in [0.15, 0.2) is 89.1 Å². The number of carbonyl (C=O) groups is 2. The van der Waals surface area contributed by atoms with Crippen LogP contribution in [0, 0.1) is 0 Å². The van der Waals surface area contributed by atoms with Gasteiger partial charge in [-0.15, -0.1) is 11.3 Å². The minimum atomic E-state index is -3.74. The van der Waals surface area contributed by atoms with Gasteiger partial charge in [0.1, 0.15) is 0 Å². The highest BCUT2D eigenvalue weighted by Crippen LogP contribution is 2.25. The lowest BCUT2D eigenvalue weighted by Gasteiger charge is -2.08. The number of thiazole rings is 1. The van der Waals surface area contributed by atoms with E-state index in [1.807, 2.05) is 35.7 Å². The summed E-state index contributed by atoms with van der Waals surface area (Å²) in [5.41, 5.74) is 3.34. The largest absolute Gasteiger partial charge is 0.298 e. The molecule has 4 rings (SSSR count). The first-order valence-electron chi connectivity index (χ1n) is 10.3. The molecule has 0 atom stereocenters. The summed E-state index contributed by atoms with van der Waals surface area (Å²) in [4.78, 5) is 28.5. The summed E-state index contributed by atoms with van der Waals surface area (Å²) in [6.07, 6.45) is 0. The molecule has 3 aromatic carbocycles. The van der Waals surface area contributed by atoms with E-state index < -0.39 is 10.0 Å². The van der Waals surface area contributed by atoms with Crippen molar-refractivity contribution in [3.8, 4) is 11.3 Å². The van der Waals surface area contributed by atoms with Crippen molar-refractivity contribution in [3.63, 3.8) is 0 Å². The van der Waals surface area contributed by atoms with Crippen molar-refractivity contribution in [2.75, 3.05) is 5.32 Å². The standard InChI is InChI=1S/C25H21N3O4S2/c1-17(29)19-11-13-22(14-12-19)34(31,32)26-15-18-7-9-21(10-8-18)24(30)28-25-27-23(16-33-25)20-5-3-2-4-6-20/h2-14,16,26H,15H2,1H3,(H,27,28,30). The molecule has 0 spiro atoms. The van der Waals surface area contributed by atoms with E-state index in [2.05, 4.69) is 15.0 Å². The van der Waals surface area contributed by atoms with Gasteiger partial charge in [-0.05, 0) is 36.8 Å². The van der Waals surface area contributed by atoms with Gasteiger partial charge in [0.05, 0.1) is 10.6 Å². The SMILES string of the molecule is CC(=O)c1ccc(S(=O)(=O)NCc2ccc(C(=O)Nc3nc(-c4ccccc4)cs3)cc2)cc1. The van der Waals surface area contributed by atoms with Gasteiger partial charge in [-0.3, -0.25) is 14.9 Å². The average molecular weight is 492 g/mol. The minimum absolute atomic E-state index is 0.0611. The van der Waals surface area contributed by atoms with Crippen LogP contribution in [-0.4, -0.2) is 25.1 Å². The van der Waals surface area contributed by atoms with E-state index in [0.29, 0.717) is 21.8 Å². The molecule has 0 saturated carbocycles. The molecule has 1 aromatic heterocycles. The predicted molar refractivity (Wildman–Crippen MR) is 132 cm³/mol. The molecule has 34 heavy (non-hydrogen) atoms. The highest BCUT2D eigenvalue weighted by atomic mass is 32.2. The van der Waals surface area contributed by atoms with E-state index in [9.17, 15) is 18.0 Å². The molecule has 0 radical (unpaired) electrons. The van der Waals surface area contributed by atoms with E-state index in [4.69, 9.17) is 0 Å². The predicted octanol–water partition coefficient (Wildman–Crippen LogP) is 4.74. The molecule has 0 aliphatic rings. The molecule has 0 fully saturated rings. The number of hydrogen-bond acceptors (Lipinski definition) is 6. The second-order valence-electron chi connectivity index (χ2n) is 7.46. The zero-order chi connectivity index (χ0) is 24.1. The normalized spacial score (nSPS) is 11.2. The number of amides is 1. The second-order valence-corrected chi connectivity index (χ2v) is 10.1. The Morgan fingerprint density at radius 2 is 1.53 bits per heavy atom. The summed E-state index contributed by atoms with van der Waals surface area (Å²) < 4.78 is 27.5. The van der Waals surface area contributed by atoms with Gasteiger partial charge < -0.3 is 0 Å². The molecule has 172 valence electrons. The van der Waals surface area contributed by atoms with E-state index >= 15 is 0 Å². The van der Waals surface area contributed by atoms with Crippen molar-refractivity contribution in [2.45, 2.75) is 18.4 Å². The Morgan fingerprint density at radius 1 is 0.882 bits per heavy atom. The smallest absolute Gasteiger partial charge is 0.257 e. The number of anilines is 1. The second kappa shape index (κ2) is 10.1. The molecule has 7 nitrogen and oxygen atoms in total. The number of nitrogens with zero attached hydrogens (tertiary/aromatic N) is 1. The molecule has 0 aliphatic carbocycles. The van der Waals surface area contributed by atoms with E-state index in [0.717, 1.165) is 11.3 Å². The summed E-state index contributed by atoms with van der Waals surface area (Å²) in [5, 5.41) is 5.17. The van der Waals surface area contributed by atoms with Gasteiger partial charge in [0.25, 0.3) is 5.91 Å². The first-order valence-corrected chi connectivity index (χ1v) is 12.7. The molecule has 1 heterocycles. The van der Waals surface area contributed by atoms with Gasteiger partial charge in [-0.1, -0.05) is 54.6 Å². The fraction of sp³-hybridized carbons (Fsp3) is 0.0800. The van der Waals surface area contributed by atoms with Crippen molar-refractivity contribution >= 4 is 38.2 Å². The molecule has 0 unspecified atom stereocenters. The Kier molecular flexibility index (Phi) is 6.97. The number of hydrogen-bond donors (Lipinski definition) is 2. The quantitative estimate of drug-likeness (QED) is 0.346. The Morgan fingerprint density at radius 3 is 2.18 bits per heavy atom. The van der Waals surface area contributed by atoms with Gasteiger partial charge in [-0.2, -0.15) is 0 Å². The van der Waals surface area contributed by atoms with Crippen molar-refractivity contribution < 1.29 is 18.0 Å². The number of aromatic nitrogens is 1. The average Bonchev–Trinajstić information content (AvgIpc) is 3.32. The van der Waals surface area contributed by atoms with Crippen LogP contribution in [0.5, 0.6) is 0 Å². The Balaban J connectivity index is 1.36. The lowest BCUT2D eigenvalue weighted by Crippen LogP contribution is -2.23. The number of carbonyl (C=O) groups excluding carboxylic acids is 2. The maximum atomic E-state index is 12.6. The van der Waals surface area contributed by atoms with E-state index in [1.165, 1.54) is 42.5 Å². The minimum Gasteiger partial charge on any atom is -0.298 e. The highest BCUT2D eigenvalue weighted by molar-refractivity contribution is 7.89. The Hall–Kier alpha value is -3.66. The summed E-state index contributed by atoms with van der Waals surface area (Å²) in [5.74, 6) is -0.431. The topological polar surface area (TPSA) is 105 Å². The molecule has 4 aromatic rings. The molecule has 0 saturated heterocycles. The summed E-state index contributed by atoms with van der Waals surface area (Å²) in [6, 6.07) is 22.1. The first-order chi connectivity index (χ1) is 16.3. The van der Waals surface area contributed by atoms with Crippen molar-refractivity contribution in [3.05, 3.63) is 101 Å². The molecular weight excluding hydrogens is 470 g/mol. The number of ketones is 1. The fourth-order valence-corrected chi connectivity index (χ4v) is 4.88. The molecular formula is C25H21N3O4S2. The maximum Gasteiger partial charge on any atom is 0.257 e. The van der Waals surface area contributed by atoms with Gasteiger partial charge in [0.15, 0.2) is 10.9 Å². The van der Waals surface area contributed by atoms with Crippen LogP contribution in [0.1, 0.15) is 33.2 Å². The molecule has 1 amide bonds. The van der Waals surface area contributed by atoms with Crippen LogP contribution in [-0.2, 0) is 16.6 Å². The number of Topliss-reactive ketones (excluding diaryl/α,β-unsaturated/α-hetero) is 1. The zero-order valence-corrected chi connectivity index (χ0v) is 19.8. The van der Waals surface area contributed by atoms with Gasteiger partial charge in [-0.25, -0.2) is 18.1 Å². The zero-order valence-electron chi connectivity index (χ0n) is 18.2. The number of rotatable bonds is 8. The summed E-state index contributed by atoms with van der Waals surface area (Å²) in [6.45, 7) is 1.48. The molecule has 2 N–H and O–H groups in total. The molecule has 0 aliphatic heterocycles. The third-order valence-electron chi connectivity index (χ3n) is 5.05. The van der Waals surface area contributed by atoms with Crippen LogP contribution in [0.3, 0.4) is 0 Å². The van der Waals surface area contributed by atoms with Gasteiger partial charge >= 0.3 is 0 Å². The molecule has 9 heteroatoms. The third-order valence-corrected chi connectivity index (χ3v) is 7.22. The highest BCUT2D eigenvalue weighted by Gasteiger charge is 2.15. The lowest BCUT2D eigenvalue weighted by atomic mass is 10.1. The summed E-state index contributed by atoms with van der Waals surface area (Å²) in [7, 11) is -3.74. The molecule has 0 bridgehead atoms. The van der Waals surface area contributed by atoms with Crippen LogP contribution < -0.4 is 10.0 Å². The monoisotopic (exact) mass is 491 g/mol. The van der Waals surface area contributed by atoms with Crippen molar-refractivity contribution in [1.29, 1.82) is 0 Å². The summed E-state index contributed by atoms with van der Waals surface area (Å²) >= 11 is 1.34. The van der Waals surface area contributed by atoms with Crippen LogP contribution in [0.25, 0.3) is 11.3 Å². The van der Waals surface area contributed by atoms with Crippen LogP contribution in [0.4, 0.5) is 5.13 Å². The van der Waals surface area contributed by atoms with Crippen molar-refractivity contribution in [1.82, 2.24) is 9.71 Å². The number of nitrogens with one attached hydrogen (secondary N) is 2. The Bertz CT molecular complexity index is 1410.